The highest BCUT2D eigenvalue weighted by molar-refractivity contribution is 5.92. The fourth-order valence-corrected chi connectivity index (χ4v) is 4.16. The number of hydrogen-bond acceptors (Lipinski definition) is 11. The van der Waals surface area contributed by atoms with E-state index in [0.29, 0.717) is 31.6 Å². The minimum atomic E-state index is -0.900. The molecule has 2 aliphatic rings. The molecule has 0 saturated carbocycles. The van der Waals surface area contributed by atoms with Gasteiger partial charge in [-0.15, -0.1) is 0 Å². The van der Waals surface area contributed by atoms with Crippen LogP contribution in [0, 0.1) is 5.92 Å². The van der Waals surface area contributed by atoms with Gasteiger partial charge in [-0.2, -0.15) is 0 Å². The van der Waals surface area contributed by atoms with Crippen molar-refractivity contribution in [1.29, 1.82) is 0 Å². The first-order chi connectivity index (χ1) is 19.3. The van der Waals surface area contributed by atoms with Crippen molar-refractivity contribution in [1.82, 2.24) is 0 Å². The van der Waals surface area contributed by atoms with Gasteiger partial charge in [0, 0.05) is 12.0 Å². The van der Waals surface area contributed by atoms with Gasteiger partial charge in [0.15, 0.2) is 6.10 Å². The minimum absolute atomic E-state index is 0.0627. The van der Waals surface area contributed by atoms with Crippen molar-refractivity contribution < 1.29 is 52.3 Å². The molecule has 2 heterocycles. The Morgan fingerprint density at radius 3 is 2.02 bits per heavy atom. The lowest BCUT2D eigenvalue weighted by Crippen LogP contribution is -2.32. The summed E-state index contributed by atoms with van der Waals surface area (Å²) >= 11 is 0. The molecule has 0 radical (unpaired) electrons. The number of ether oxygens (including phenoxy) is 7. The molecule has 0 aliphatic carbocycles. The summed E-state index contributed by atoms with van der Waals surface area (Å²) in [5, 5.41) is 0. The third-order valence-corrected chi connectivity index (χ3v) is 6.28. The van der Waals surface area contributed by atoms with Crippen LogP contribution in [0.1, 0.15) is 40.5 Å². The van der Waals surface area contributed by atoms with Crippen LogP contribution < -0.4 is 9.47 Å². The Labute approximate surface area is 230 Å². The topological polar surface area (TPSA) is 133 Å². The number of carbonyl (C=O) groups is 4. The molecule has 0 amide bonds. The zero-order valence-electron chi connectivity index (χ0n) is 21.9. The summed E-state index contributed by atoms with van der Waals surface area (Å²) in [7, 11) is 0. The van der Waals surface area contributed by atoms with Crippen molar-refractivity contribution in [2.24, 2.45) is 5.92 Å². The van der Waals surface area contributed by atoms with Gasteiger partial charge in [0.2, 0.25) is 0 Å². The van der Waals surface area contributed by atoms with Crippen LogP contribution >= 0.6 is 0 Å². The predicted molar refractivity (Wildman–Crippen MR) is 138 cm³/mol. The van der Waals surface area contributed by atoms with Crippen molar-refractivity contribution in [3.05, 3.63) is 72.3 Å². The molecule has 0 bridgehead atoms. The van der Waals surface area contributed by atoms with Gasteiger partial charge in [0.25, 0.3) is 0 Å². The van der Waals surface area contributed by atoms with Crippen molar-refractivity contribution in [2.45, 2.75) is 38.1 Å². The molecule has 4 atom stereocenters. The van der Waals surface area contributed by atoms with E-state index in [1.165, 1.54) is 48.5 Å². The summed E-state index contributed by atoms with van der Waals surface area (Å²) in [6, 6.07) is 11.7. The Kier molecular flexibility index (Phi) is 9.87. The maximum Gasteiger partial charge on any atom is 0.513 e. The lowest BCUT2D eigenvalue weighted by molar-refractivity contribution is -0.137. The molecule has 4 rings (SSSR count). The van der Waals surface area contributed by atoms with Gasteiger partial charge in [0.1, 0.15) is 17.6 Å². The Hall–Kier alpha value is -4.22. The first-order valence-corrected chi connectivity index (χ1v) is 12.8. The molecule has 0 spiro atoms. The van der Waals surface area contributed by atoms with E-state index in [-0.39, 0.29) is 48.4 Å². The maximum atomic E-state index is 12.6. The lowest BCUT2D eigenvalue weighted by Gasteiger charge is -2.16. The summed E-state index contributed by atoms with van der Waals surface area (Å²) in [5.74, 6) is -0.984. The largest absolute Gasteiger partial charge is 0.513 e. The highest BCUT2D eigenvalue weighted by Crippen LogP contribution is 2.32. The van der Waals surface area contributed by atoms with Gasteiger partial charge in [-0.1, -0.05) is 13.5 Å². The highest BCUT2D eigenvalue weighted by atomic mass is 16.7. The van der Waals surface area contributed by atoms with Crippen molar-refractivity contribution >= 4 is 24.1 Å². The molecule has 2 aromatic carbocycles. The van der Waals surface area contributed by atoms with Crippen molar-refractivity contribution in [2.75, 3.05) is 26.4 Å². The molecular weight excluding hydrogens is 524 g/mol. The minimum Gasteiger partial charge on any atom is -0.463 e. The van der Waals surface area contributed by atoms with Gasteiger partial charge in [-0.05, 0) is 61.4 Å². The summed E-state index contributed by atoms with van der Waals surface area (Å²) < 4.78 is 37.2. The molecule has 0 aromatic heterocycles. The van der Waals surface area contributed by atoms with Crippen LogP contribution in [0.3, 0.4) is 0 Å². The van der Waals surface area contributed by atoms with Crippen LogP contribution in [0.25, 0.3) is 0 Å². The maximum absolute atomic E-state index is 12.6. The second-order valence-corrected chi connectivity index (χ2v) is 9.23. The predicted octanol–water partition coefficient (Wildman–Crippen LogP) is 3.89. The molecule has 4 unspecified atom stereocenters. The Balaban J connectivity index is 1.18. The van der Waals surface area contributed by atoms with Crippen molar-refractivity contribution in [3.8, 4) is 11.5 Å². The first kappa shape index (κ1) is 28.8. The van der Waals surface area contributed by atoms with Crippen LogP contribution in [-0.2, 0) is 28.5 Å². The van der Waals surface area contributed by atoms with Gasteiger partial charge >= 0.3 is 24.1 Å². The molecule has 40 heavy (non-hydrogen) atoms. The monoisotopic (exact) mass is 554 g/mol. The number of rotatable bonds is 11. The van der Waals surface area contributed by atoms with Gasteiger partial charge in [-0.25, -0.2) is 19.2 Å². The average Bonchev–Trinajstić information content (AvgIpc) is 3.53. The van der Waals surface area contributed by atoms with Crippen LogP contribution in [0.5, 0.6) is 11.5 Å². The summed E-state index contributed by atoms with van der Waals surface area (Å²) in [5.41, 5.74) is 0.527. The van der Waals surface area contributed by atoms with E-state index in [2.05, 4.69) is 6.58 Å². The highest BCUT2D eigenvalue weighted by Gasteiger charge is 2.47. The second kappa shape index (κ2) is 13.7. The van der Waals surface area contributed by atoms with E-state index in [0.717, 1.165) is 6.08 Å². The van der Waals surface area contributed by atoms with Crippen LogP contribution in [0.2, 0.25) is 0 Å². The van der Waals surface area contributed by atoms with Gasteiger partial charge in [0.05, 0.1) is 43.7 Å². The SMILES string of the molecule is C=CC(=O)OCCCCOC(=O)Oc1ccc(C(=O)Oc2ccc(C(=O)OC3COC4C(C)COC34)cc2)cc1. The van der Waals surface area contributed by atoms with E-state index < -0.39 is 30.2 Å². The van der Waals surface area contributed by atoms with E-state index in [9.17, 15) is 19.2 Å². The third kappa shape index (κ3) is 7.67. The molecule has 212 valence electrons. The Bertz CT molecular complexity index is 1210. The normalized spacial score (nSPS) is 21.1. The van der Waals surface area contributed by atoms with E-state index in [1.807, 2.05) is 6.92 Å². The number of unbranched alkanes of at least 4 members (excludes halogenated alkanes) is 1. The molecule has 11 heteroatoms. The third-order valence-electron chi connectivity index (χ3n) is 6.28. The second-order valence-electron chi connectivity index (χ2n) is 9.23. The fourth-order valence-electron chi connectivity index (χ4n) is 4.16. The van der Waals surface area contributed by atoms with Crippen LogP contribution in [0.15, 0.2) is 61.2 Å². The molecule has 2 fully saturated rings. The van der Waals surface area contributed by atoms with Crippen molar-refractivity contribution in [3.63, 3.8) is 0 Å². The quantitative estimate of drug-likeness (QED) is 0.100. The average molecular weight is 555 g/mol. The zero-order chi connectivity index (χ0) is 28.5. The Morgan fingerprint density at radius 2 is 1.38 bits per heavy atom. The van der Waals surface area contributed by atoms with E-state index >= 15 is 0 Å². The first-order valence-electron chi connectivity index (χ1n) is 12.8. The van der Waals surface area contributed by atoms with E-state index in [4.69, 9.17) is 33.2 Å². The Morgan fingerprint density at radius 1 is 0.800 bits per heavy atom. The molecule has 0 N–H and O–H groups in total. The van der Waals surface area contributed by atoms with Gasteiger partial charge in [-0.3, -0.25) is 0 Å². The number of hydrogen-bond donors (Lipinski definition) is 0. The lowest BCUT2D eigenvalue weighted by atomic mass is 10.0. The smallest absolute Gasteiger partial charge is 0.463 e. The summed E-state index contributed by atoms with van der Waals surface area (Å²) in [4.78, 5) is 47.8. The number of fused-ring (bicyclic) bond motifs is 1. The number of esters is 3. The number of benzene rings is 2. The van der Waals surface area contributed by atoms with Crippen LogP contribution in [0.4, 0.5) is 4.79 Å². The molecular formula is C29H30O11. The standard InChI is InChI=1S/C29H30O11/c1-3-24(30)34-14-4-5-15-35-29(33)39-22-12-8-19(9-13-22)27(31)38-21-10-6-20(7-11-21)28(32)40-23-17-37-25-18(2)16-36-26(23)25/h3,6-13,18,23,25-26H,1,4-5,14-17H2,2H3. The fraction of sp³-hybridized carbons (Fsp3) is 0.379. The summed E-state index contributed by atoms with van der Waals surface area (Å²) in [6.07, 6.45) is 0.390. The molecule has 2 aliphatic heterocycles. The van der Waals surface area contributed by atoms with E-state index in [1.54, 1.807) is 0 Å². The molecule has 2 saturated heterocycles. The molecule has 11 nitrogen and oxygen atoms in total. The van der Waals surface area contributed by atoms with Gasteiger partial charge < -0.3 is 33.2 Å². The molecule has 2 aromatic rings. The summed E-state index contributed by atoms with van der Waals surface area (Å²) in [6.45, 7) is 6.49. The number of carbonyl (C=O) groups excluding carboxylic acids is 4. The zero-order valence-corrected chi connectivity index (χ0v) is 21.9. The van der Waals surface area contributed by atoms with Crippen LogP contribution in [-0.4, -0.2) is 68.8 Å².